The number of esters is 3. The summed E-state index contributed by atoms with van der Waals surface area (Å²) < 4.78 is 25.5. The Hall–Kier alpha value is -2.13. The van der Waals surface area contributed by atoms with Crippen LogP contribution in [0.2, 0.25) is 0 Å². The van der Waals surface area contributed by atoms with E-state index in [-0.39, 0.29) is 24.5 Å². The second kappa shape index (κ2) is 8.49. The van der Waals surface area contributed by atoms with Gasteiger partial charge < -0.3 is 28.8 Å². The summed E-state index contributed by atoms with van der Waals surface area (Å²) in [4.78, 5) is 33.3. The van der Waals surface area contributed by atoms with E-state index in [1.54, 1.807) is 0 Å². The van der Waals surface area contributed by atoms with E-state index in [0.29, 0.717) is 0 Å². The van der Waals surface area contributed by atoms with Crippen LogP contribution in [0, 0.1) is 0 Å². The minimum atomic E-state index is -1.19. The molecule has 1 N–H and O–H groups in total. The van der Waals surface area contributed by atoms with Crippen LogP contribution in [-0.4, -0.2) is 48.3 Å². The normalized spacial score (nSPS) is 22.0. The molecule has 2 unspecified atom stereocenters. The Labute approximate surface area is 133 Å². The molecule has 0 amide bonds. The molecule has 1 aliphatic heterocycles. The monoisotopic (exact) mass is 332 g/mol. The van der Waals surface area contributed by atoms with Crippen molar-refractivity contribution >= 4 is 17.9 Å². The van der Waals surface area contributed by atoms with Crippen LogP contribution in [0.4, 0.5) is 0 Å². The van der Waals surface area contributed by atoms with E-state index in [4.69, 9.17) is 23.7 Å². The van der Waals surface area contributed by atoms with Crippen molar-refractivity contribution in [3.63, 3.8) is 0 Å². The minimum Gasteiger partial charge on any atom is -0.458 e. The van der Waals surface area contributed by atoms with Crippen LogP contribution >= 0.6 is 0 Å². The summed E-state index contributed by atoms with van der Waals surface area (Å²) in [5.74, 6) is -1.65. The first kappa shape index (κ1) is 18.9. The van der Waals surface area contributed by atoms with Gasteiger partial charge in [-0.1, -0.05) is 0 Å². The van der Waals surface area contributed by atoms with E-state index in [0.717, 1.165) is 0 Å². The maximum atomic E-state index is 11.2. The summed E-state index contributed by atoms with van der Waals surface area (Å²) in [6, 6.07) is 0. The highest BCUT2D eigenvalue weighted by atomic mass is 16.8. The van der Waals surface area contributed by atoms with Gasteiger partial charge >= 0.3 is 17.9 Å². The predicted molar refractivity (Wildman–Crippen MR) is 73.2 cm³/mol. The van der Waals surface area contributed by atoms with Crippen LogP contribution in [0.3, 0.4) is 0 Å². The van der Waals surface area contributed by atoms with Crippen molar-refractivity contribution in [1.82, 2.24) is 0 Å². The molecule has 0 aromatic rings. The van der Waals surface area contributed by atoms with Crippen molar-refractivity contribution in [2.75, 3.05) is 6.61 Å². The lowest BCUT2D eigenvalue weighted by Crippen LogP contribution is -2.42. The third-order valence-electron chi connectivity index (χ3n) is 2.58. The zero-order valence-electron chi connectivity index (χ0n) is 13.4. The summed E-state index contributed by atoms with van der Waals surface area (Å²) in [6.07, 6.45) is -3.29. The lowest BCUT2D eigenvalue weighted by atomic mass is 10.1. The number of hydrogen-bond acceptors (Lipinski definition) is 9. The third kappa shape index (κ3) is 6.66. The van der Waals surface area contributed by atoms with Crippen molar-refractivity contribution < 1.29 is 43.2 Å². The molecule has 9 heteroatoms. The number of rotatable bonds is 6. The molecule has 1 heterocycles. The number of carbonyl (C=O) groups excluding carboxylic acids is 3. The molecule has 23 heavy (non-hydrogen) atoms. The Morgan fingerprint density at radius 1 is 1.22 bits per heavy atom. The van der Waals surface area contributed by atoms with Crippen molar-refractivity contribution in [1.29, 1.82) is 0 Å². The van der Waals surface area contributed by atoms with E-state index < -0.39 is 36.6 Å². The molecule has 1 aliphatic rings. The van der Waals surface area contributed by atoms with E-state index in [9.17, 15) is 19.5 Å². The lowest BCUT2D eigenvalue weighted by molar-refractivity contribution is -0.257. The fourth-order valence-electron chi connectivity index (χ4n) is 1.85. The Kier molecular flexibility index (Phi) is 6.98. The minimum absolute atomic E-state index is 0.0346. The lowest BCUT2D eigenvalue weighted by Gasteiger charge is -2.33. The molecular formula is C14H20O9. The molecule has 0 fully saturated rings. The first-order valence-corrected chi connectivity index (χ1v) is 6.90. The van der Waals surface area contributed by atoms with Gasteiger partial charge in [-0.3, -0.25) is 14.4 Å². The average molecular weight is 332 g/mol. The zero-order valence-corrected chi connectivity index (χ0v) is 13.4. The topological polar surface area (TPSA) is 118 Å². The Balaban J connectivity index is 3.01. The molecule has 0 saturated heterocycles. The van der Waals surface area contributed by atoms with E-state index in [1.807, 2.05) is 0 Å². The SMILES string of the molecule is CC(=O)OCC1=C(OC(C)=O)CC(OC(C)=O)[C@H](OC(C)O)O1. The number of aliphatic hydroxyl groups excluding tert-OH is 1. The van der Waals surface area contributed by atoms with Crippen molar-refractivity contribution in [3.8, 4) is 0 Å². The largest absolute Gasteiger partial charge is 0.458 e. The van der Waals surface area contributed by atoms with Gasteiger partial charge in [0.1, 0.15) is 0 Å². The molecule has 9 nitrogen and oxygen atoms in total. The van der Waals surface area contributed by atoms with Gasteiger partial charge in [0, 0.05) is 20.8 Å². The fraction of sp³-hybridized carbons (Fsp3) is 0.643. The maximum absolute atomic E-state index is 11.2. The molecule has 0 radical (unpaired) electrons. The standard InChI is InChI=1S/C14H20O9/c1-7(15)19-6-13-11(20-8(2)16)5-12(21-9(3)17)14(23-13)22-10(4)18/h10,12,14,18H,5-6H2,1-4H3/t10?,12?,14-/m1/s1. The van der Waals surface area contributed by atoms with Crippen LogP contribution in [0.5, 0.6) is 0 Å². The summed E-state index contributed by atoms with van der Waals surface area (Å²) >= 11 is 0. The molecule has 0 saturated carbocycles. The summed E-state index contributed by atoms with van der Waals surface area (Å²) in [5, 5.41) is 9.34. The maximum Gasteiger partial charge on any atom is 0.307 e. The quantitative estimate of drug-likeness (QED) is 0.418. The molecule has 0 aromatic heterocycles. The Morgan fingerprint density at radius 3 is 2.35 bits per heavy atom. The van der Waals surface area contributed by atoms with Crippen molar-refractivity contribution in [2.24, 2.45) is 0 Å². The molecular weight excluding hydrogens is 312 g/mol. The van der Waals surface area contributed by atoms with Gasteiger partial charge in [0.25, 0.3) is 0 Å². The van der Waals surface area contributed by atoms with Gasteiger partial charge in [-0.15, -0.1) is 0 Å². The Bertz CT molecular complexity index is 494. The fourth-order valence-corrected chi connectivity index (χ4v) is 1.85. The molecule has 0 bridgehead atoms. The molecule has 130 valence electrons. The number of aliphatic hydroxyl groups is 1. The van der Waals surface area contributed by atoms with Gasteiger partial charge in [0.15, 0.2) is 30.5 Å². The van der Waals surface area contributed by atoms with Crippen LogP contribution in [0.15, 0.2) is 11.5 Å². The Morgan fingerprint density at radius 2 is 1.87 bits per heavy atom. The highest BCUT2D eigenvalue weighted by molar-refractivity contribution is 5.68. The number of carbonyl (C=O) groups is 3. The average Bonchev–Trinajstić information content (AvgIpc) is 2.38. The van der Waals surface area contributed by atoms with E-state index in [1.165, 1.54) is 27.7 Å². The first-order valence-electron chi connectivity index (χ1n) is 6.90. The second-order valence-corrected chi connectivity index (χ2v) is 4.79. The van der Waals surface area contributed by atoms with Gasteiger partial charge in [-0.2, -0.15) is 0 Å². The van der Waals surface area contributed by atoms with E-state index >= 15 is 0 Å². The van der Waals surface area contributed by atoms with Crippen molar-refractivity contribution in [3.05, 3.63) is 11.5 Å². The molecule has 0 aliphatic carbocycles. The van der Waals surface area contributed by atoms with Gasteiger partial charge in [-0.25, -0.2) is 0 Å². The van der Waals surface area contributed by atoms with Gasteiger partial charge in [0.05, 0.1) is 6.42 Å². The zero-order chi connectivity index (χ0) is 17.6. The molecule has 3 atom stereocenters. The molecule has 0 aromatic carbocycles. The van der Waals surface area contributed by atoms with E-state index in [2.05, 4.69) is 0 Å². The van der Waals surface area contributed by atoms with Crippen molar-refractivity contribution in [2.45, 2.75) is 52.8 Å². The number of ether oxygens (including phenoxy) is 5. The van der Waals surface area contributed by atoms with Crippen LogP contribution in [-0.2, 0) is 38.1 Å². The van der Waals surface area contributed by atoms with Gasteiger partial charge in [0.2, 0.25) is 6.29 Å². The van der Waals surface area contributed by atoms with Gasteiger partial charge in [-0.05, 0) is 6.92 Å². The third-order valence-corrected chi connectivity index (χ3v) is 2.58. The smallest absolute Gasteiger partial charge is 0.307 e. The summed E-state index contributed by atoms with van der Waals surface area (Å²) in [7, 11) is 0. The highest BCUT2D eigenvalue weighted by Crippen LogP contribution is 2.29. The number of hydrogen-bond donors (Lipinski definition) is 1. The highest BCUT2D eigenvalue weighted by Gasteiger charge is 2.37. The predicted octanol–water partition coefficient (Wildman–Crippen LogP) is 0.357. The van der Waals surface area contributed by atoms with Crippen LogP contribution < -0.4 is 0 Å². The summed E-state index contributed by atoms with van der Waals surface area (Å²) in [5.41, 5.74) is 0. The van der Waals surface area contributed by atoms with Crippen LogP contribution in [0.1, 0.15) is 34.1 Å². The van der Waals surface area contributed by atoms with Crippen LogP contribution in [0.25, 0.3) is 0 Å². The molecule has 0 spiro atoms. The molecule has 1 rings (SSSR count). The summed E-state index contributed by atoms with van der Waals surface area (Å²) in [6.45, 7) is 4.66. The second-order valence-electron chi connectivity index (χ2n) is 4.79. The first-order chi connectivity index (χ1) is 10.7.